The van der Waals surface area contributed by atoms with Gasteiger partial charge in [0.05, 0.1) is 12.3 Å². The summed E-state index contributed by atoms with van der Waals surface area (Å²) in [5, 5.41) is 7.49. The monoisotopic (exact) mass is 454 g/mol. The van der Waals surface area contributed by atoms with E-state index in [1.54, 1.807) is 24.3 Å². The number of rotatable bonds is 6. The van der Waals surface area contributed by atoms with Crippen LogP contribution in [0.4, 0.5) is 5.69 Å². The van der Waals surface area contributed by atoms with Crippen molar-refractivity contribution in [2.45, 2.75) is 24.7 Å². The van der Waals surface area contributed by atoms with Gasteiger partial charge in [-0.3, -0.25) is 5.41 Å². The van der Waals surface area contributed by atoms with Gasteiger partial charge in [0.25, 0.3) is 0 Å². The first kappa shape index (κ1) is 23.6. The summed E-state index contributed by atoms with van der Waals surface area (Å²) in [5.74, 6) is 1.17. The number of halogens is 1. The number of hydrogen-bond acceptors (Lipinski definition) is 6. The van der Waals surface area contributed by atoms with Crippen molar-refractivity contribution >= 4 is 34.2 Å². The van der Waals surface area contributed by atoms with Crippen molar-refractivity contribution < 1.29 is 17.3 Å². The predicted octanol–water partition coefficient (Wildman–Crippen LogP) is 2.75. The molecule has 0 aromatic heterocycles. The Hall–Kier alpha value is -2.65. The van der Waals surface area contributed by atoms with Gasteiger partial charge in [-0.1, -0.05) is 12.1 Å². The van der Waals surface area contributed by atoms with Crippen LogP contribution in [0, 0.1) is 18.3 Å². The van der Waals surface area contributed by atoms with E-state index >= 15 is 0 Å². The van der Waals surface area contributed by atoms with Gasteiger partial charge in [-0.05, 0) is 55.5 Å². The Bertz CT molecular complexity index is 992. The fourth-order valence-corrected chi connectivity index (χ4v) is 4.32. The molecule has 0 bridgehead atoms. The quantitative estimate of drug-likeness (QED) is 0.264. The summed E-state index contributed by atoms with van der Waals surface area (Å²) in [4.78, 5) is 1.77. The molecule has 164 valence electrons. The van der Waals surface area contributed by atoms with Gasteiger partial charge in [0.1, 0.15) is 16.4 Å². The normalized spacial score (nSPS) is 14.6. The van der Waals surface area contributed by atoms with E-state index in [1.165, 1.54) is 12.1 Å². The molecule has 0 radical (unpaired) electrons. The van der Waals surface area contributed by atoms with E-state index in [2.05, 4.69) is 0 Å². The average molecular weight is 455 g/mol. The lowest BCUT2D eigenvalue weighted by Gasteiger charge is -2.32. The first-order chi connectivity index (χ1) is 13.7. The van der Waals surface area contributed by atoms with E-state index in [0.29, 0.717) is 18.3 Å². The van der Waals surface area contributed by atoms with Crippen LogP contribution in [-0.2, 0) is 10.1 Å². The summed E-state index contributed by atoms with van der Waals surface area (Å²) in [7, 11) is -4.05. The van der Waals surface area contributed by atoms with E-state index in [9.17, 15) is 8.42 Å². The molecule has 0 atom stereocenters. The van der Waals surface area contributed by atoms with Gasteiger partial charge in [-0.2, -0.15) is 8.42 Å². The Labute approximate surface area is 183 Å². The van der Waals surface area contributed by atoms with Crippen molar-refractivity contribution in [3.05, 3.63) is 48.0 Å². The van der Waals surface area contributed by atoms with Crippen LogP contribution in [0.2, 0.25) is 0 Å². The van der Waals surface area contributed by atoms with Gasteiger partial charge in [0.2, 0.25) is 0 Å². The van der Waals surface area contributed by atoms with Gasteiger partial charge < -0.3 is 25.3 Å². The number of likely N-dealkylation sites (tertiary alicyclic amines) is 1. The molecule has 2 aromatic rings. The number of ether oxygens (including phenoxy) is 1. The van der Waals surface area contributed by atoms with Crippen molar-refractivity contribution in [1.29, 1.82) is 5.41 Å². The fraction of sp³-hybridized carbons (Fsp3) is 0.350. The molecule has 10 heteroatoms. The first-order valence-electron chi connectivity index (χ1n) is 9.37. The van der Waals surface area contributed by atoms with Crippen molar-refractivity contribution in [2.75, 3.05) is 25.4 Å². The van der Waals surface area contributed by atoms with Crippen LogP contribution in [0.25, 0.3) is 0 Å². The number of hydrogen-bond donors (Lipinski definition) is 3. The molecule has 0 unspecified atom stereocenters. The number of nitrogens with two attached hydrogens (primary N) is 2. The zero-order valence-electron chi connectivity index (χ0n) is 16.7. The second-order valence-corrected chi connectivity index (χ2v) is 8.70. The molecule has 5 N–H and O–H groups in total. The van der Waals surface area contributed by atoms with E-state index in [-0.39, 0.29) is 34.7 Å². The van der Waals surface area contributed by atoms with Gasteiger partial charge in [-0.25, -0.2) is 0 Å². The minimum Gasteiger partial charge on any atom is -0.493 e. The molecule has 1 fully saturated rings. The van der Waals surface area contributed by atoms with E-state index in [4.69, 9.17) is 25.8 Å². The second-order valence-electron chi connectivity index (χ2n) is 7.18. The number of anilines is 1. The largest absolute Gasteiger partial charge is 0.493 e. The first-order valence-corrected chi connectivity index (χ1v) is 10.8. The second kappa shape index (κ2) is 9.90. The minimum absolute atomic E-state index is 0. The third kappa shape index (κ3) is 5.93. The van der Waals surface area contributed by atoms with Gasteiger partial charge in [0, 0.05) is 19.2 Å². The highest BCUT2D eigenvalue weighted by Gasteiger charge is 2.22. The Balaban J connectivity index is 0.00000320. The molecule has 2 aromatic carbocycles. The lowest BCUT2D eigenvalue weighted by atomic mass is 9.98. The van der Waals surface area contributed by atoms with Crippen LogP contribution < -0.4 is 20.4 Å². The highest BCUT2D eigenvalue weighted by Crippen LogP contribution is 2.28. The van der Waals surface area contributed by atoms with Crippen molar-refractivity contribution in [2.24, 2.45) is 11.7 Å². The van der Waals surface area contributed by atoms with Gasteiger partial charge in [-0.15, -0.1) is 12.4 Å². The third-order valence-electron chi connectivity index (χ3n) is 4.86. The minimum atomic E-state index is -4.05. The highest BCUT2D eigenvalue weighted by atomic mass is 35.5. The lowest BCUT2D eigenvalue weighted by molar-refractivity contribution is 0.180. The molecule has 0 spiro atoms. The molecule has 1 saturated heterocycles. The van der Waals surface area contributed by atoms with E-state index < -0.39 is 10.1 Å². The fourth-order valence-electron chi connectivity index (χ4n) is 3.28. The Kier molecular flexibility index (Phi) is 7.80. The number of guanidine groups is 1. The van der Waals surface area contributed by atoms with Crippen LogP contribution in [0.5, 0.6) is 11.5 Å². The molecule has 30 heavy (non-hydrogen) atoms. The number of nitrogens with zero attached hydrogens (tertiary/aromatic N) is 1. The summed E-state index contributed by atoms with van der Waals surface area (Å²) in [6, 6.07) is 11.2. The number of aryl methyl sites for hydroxylation is 1. The van der Waals surface area contributed by atoms with Crippen LogP contribution in [0.15, 0.2) is 47.4 Å². The van der Waals surface area contributed by atoms with Crippen molar-refractivity contribution in [3.63, 3.8) is 0 Å². The maximum absolute atomic E-state index is 12.6. The summed E-state index contributed by atoms with van der Waals surface area (Å²) in [5.41, 5.74) is 12.2. The molecular formula is C20H27ClN4O4S. The third-order valence-corrected chi connectivity index (χ3v) is 6.18. The van der Waals surface area contributed by atoms with Crippen LogP contribution in [0.3, 0.4) is 0 Å². The summed E-state index contributed by atoms with van der Waals surface area (Å²) in [6.07, 6.45) is 1.77. The predicted molar refractivity (Wildman–Crippen MR) is 119 cm³/mol. The van der Waals surface area contributed by atoms with Gasteiger partial charge >= 0.3 is 10.1 Å². The lowest BCUT2D eigenvalue weighted by Crippen LogP contribution is -2.43. The summed E-state index contributed by atoms with van der Waals surface area (Å²) in [6.45, 7) is 3.83. The Morgan fingerprint density at radius 2 is 1.80 bits per heavy atom. The van der Waals surface area contributed by atoms with Crippen molar-refractivity contribution in [3.8, 4) is 11.5 Å². The van der Waals surface area contributed by atoms with Crippen LogP contribution >= 0.6 is 12.4 Å². The zero-order valence-corrected chi connectivity index (χ0v) is 18.3. The molecule has 1 aliphatic heterocycles. The zero-order chi connectivity index (χ0) is 21.0. The van der Waals surface area contributed by atoms with Crippen LogP contribution in [0.1, 0.15) is 18.4 Å². The molecule has 0 aliphatic carbocycles. The number of benzene rings is 2. The smallest absolute Gasteiger partial charge is 0.341 e. The standard InChI is InChI=1S/C20H26N4O4S.ClH/c1-14-10-16(27-13-15-6-8-24(9-7-15)20(22)23)12-17(11-14)28-29(25,26)19-5-3-2-4-18(19)21;/h2-5,10-12,15H,6-9,13,21H2,1H3,(H3,22,23);1H. The summed E-state index contributed by atoms with van der Waals surface area (Å²) < 4.78 is 36.3. The van der Waals surface area contributed by atoms with E-state index in [0.717, 1.165) is 31.5 Å². The Morgan fingerprint density at radius 1 is 1.17 bits per heavy atom. The maximum Gasteiger partial charge on any atom is 0.341 e. The molecule has 8 nitrogen and oxygen atoms in total. The SMILES string of the molecule is Cc1cc(OCC2CCN(C(=N)N)CC2)cc(OS(=O)(=O)c2ccccc2N)c1.Cl. The highest BCUT2D eigenvalue weighted by molar-refractivity contribution is 7.87. The molecule has 1 aliphatic rings. The van der Waals surface area contributed by atoms with Crippen molar-refractivity contribution in [1.82, 2.24) is 4.90 Å². The van der Waals surface area contributed by atoms with Crippen LogP contribution in [-0.4, -0.2) is 39.0 Å². The molecule has 0 amide bonds. The topological polar surface area (TPSA) is 132 Å². The molecule has 3 rings (SSSR count). The molecule has 1 heterocycles. The van der Waals surface area contributed by atoms with E-state index in [1.807, 2.05) is 17.9 Å². The molecule has 0 saturated carbocycles. The number of piperidine rings is 1. The Morgan fingerprint density at radius 3 is 2.43 bits per heavy atom. The summed E-state index contributed by atoms with van der Waals surface area (Å²) >= 11 is 0. The number of nitrogen functional groups attached to an aromatic ring is 1. The number of nitrogens with one attached hydrogen (secondary N) is 1. The average Bonchev–Trinajstić information content (AvgIpc) is 2.66. The maximum atomic E-state index is 12.6. The molecular weight excluding hydrogens is 428 g/mol. The number of para-hydroxylation sites is 1. The van der Waals surface area contributed by atoms with Gasteiger partial charge in [0.15, 0.2) is 5.96 Å².